The maximum absolute atomic E-state index is 11.7. The largest absolute Gasteiger partial charge is 0.463 e. The van der Waals surface area contributed by atoms with Crippen LogP contribution < -0.4 is 0 Å². The highest BCUT2D eigenvalue weighted by molar-refractivity contribution is 14.1. The lowest BCUT2D eigenvalue weighted by Gasteiger charge is -2.42. The molecule has 142 valence electrons. The average Bonchev–Trinajstić information content (AvgIpc) is 2.50. The second-order valence-electron chi connectivity index (χ2n) is 5.06. The number of halogens is 2. The molecule has 1 fully saturated rings. The van der Waals surface area contributed by atoms with Crippen LogP contribution in [-0.4, -0.2) is 63.4 Å². The third-order valence-electron chi connectivity index (χ3n) is 3.01. The van der Waals surface area contributed by atoms with E-state index in [1.807, 2.05) is 45.2 Å². The van der Waals surface area contributed by atoms with Crippen molar-refractivity contribution in [2.75, 3.05) is 11.0 Å². The monoisotopic (exact) mass is 584 g/mol. The Bertz CT molecular complexity index is 524. The highest BCUT2D eigenvalue weighted by Gasteiger charge is 2.51. The van der Waals surface area contributed by atoms with Gasteiger partial charge in [-0.3, -0.25) is 19.2 Å². The van der Waals surface area contributed by atoms with Gasteiger partial charge in [-0.15, -0.1) is 0 Å². The molecule has 0 N–H and O–H groups in total. The van der Waals surface area contributed by atoms with Crippen LogP contribution in [-0.2, 0) is 42.9 Å². The van der Waals surface area contributed by atoms with Crippen molar-refractivity contribution in [1.29, 1.82) is 0 Å². The van der Waals surface area contributed by atoms with Crippen molar-refractivity contribution in [3.63, 3.8) is 0 Å². The maximum atomic E-state index is 11.7. The molecule has 0 aromatic rings. The average molecular weight is 584 g/mol. The first kappa shape index (κ1) is 22.3. The number of ether oxygens (including phenoxy) is 5. The minimum Gasteiger partial charge on any atom is -0.463 e. The molecule has 0 saturated carbocycles. The van der Waals surface area contributed by atoms with Crippen molar-refractivity contribution >= 4 is 69.1 Å². The van der Waals surface area contributed by atoms with Gasteiger partial charge < -0.3 is 23.7 Å². The van der Waals surface area contributed by atoms with E-state index in [9.17, 15) is 19.2 Å². The van der Waals surface area contributed by atoms with E-state index in [2.05, 4.69) is 0 Å². The zero-order chi connectivity index (χ0) is 19.1. The van der Waals surface area contributed by atoms with Gasteiger partial charge in [0.2, 0.25) is 0 Å². The van der Waals surface area contributed by atoms with Crippen molar-refractivity contribution in [3.8, 4) is 0 Å². The number of hydrogen-bond donors (Lipinski definition) is 0. The first-order valence-corrected chi connectivity index (χ1v) is 9.95. The van der Waals surface area contributed by atoms with Crippen LogP contribution in [0.25, 0.3) is 0 Å². The molecule has 0 aromatic carbocycles. The van der Waals surface area contributed by atoms with Gasteiger partial charge >= 0.3 is 23.9 Å². The van der Waals surface area contributed by atoms with E-state index in [1.54, 1.807) is 0 Å². The Balaban J connectivity index is 3.12. The topological polar surface area (TPSA) is 114 Å². The minimum absolute atomic E-state index is 0.0829. The lowest BCUT2D eigenvalue weighted by Crippen LogP contribution is -2.61. The fraction of sp³-hybridized carbons (Fsp3) is 0.714. The Morgan fingerprint density at radius 3 is 1.92 bits per heavy atom. The van der Waals surface area contributed by atoms with E-state index in [0.29, 0.717) is 0 Å². The molecule has 1 aliphatic rings. The summed E-state index contributed by atoms with van der Waals surface area (Å²) in [5.41, 5.74) is 0. The van der Waals surface area contributed by atoms with E-state index in [1.165, 1.54) is 20.8 Å². The second-order valence-corrected chi connectivity index (χ2v) is 7.05. The van der Waals surface area contributed by atoms with Crippen LogP contribution in [0.2, 0.25) is 0 Å². The van der Waals surface area contributed by atoms with Crippen molar-refractivity contribution in [1.82, 2.24) is 0 Å². The zero-order valence-electron chi connectivity index (χ0n) is 13.7. The molecule has 9 nitrogen and oxygen atoms in total. The molecule has 0 spiro atoms. The van der Waals surface area contributed by atoms with Gasteiger partial charge in [0.1, 0.15) is 16.8 Å². The Labute approximate surface area is 171 Å². The molecular formula is C14H18I2O9. The summed E-state index contributed by atoms with van der Waals surface area (Å²) >= 11 is 3.70. The Morgan fingerprint density at radius 2 is 1.44 bits per heavy atom. The zero-order valence-corrected chi connectivity index (χ0v) is 18.0. The predicted molar refractivity (Wildman–Crippen MR) is 99.2 cm³/mol. The molecule has 0 bridgehead atoms. The van der Waals surface area contributed by atoms with E-state index >= 15 is 0 Å². The third-order valence-corrected chi connectivity index (χ3v) is 4.63. The van der Waals surface area contributed by atoms with Gasteiger partial charge in [-0.2, -0.15) is 0 Å². The van der Waals surface area contributed by atoms with Gasteiger partial charge in [0.25, 0.3) is 0 Å². The molecule has 0 unspecified atom stereocenters. The van der Waals surface area contributed by atoms with E-state index < -0.39 is 52.4 Å². The second kappa shape index (κ2) is 10.4. The van der Waals surface area contributed by atoms with Gasteiger partial charge in [-0.1, -0.05) is 22.6 Å². The van der Waals surface area contributed by atoms with E-state index in [-0.39, 0.29) is 11.0 Å². The Kier molecular flexibility index (Phi) is 9.34. The molecule has 5 atom stereocenters. The van der Waals surface area contributed by atoms with Gasteiger partial charge in [0, 0.05) is 20.8 Å². The maximum Gasteiger partial charge on any atom is 0.316 e. The summed E-state index contributed by atoms with van der Waals surface area (Å²) in [5.74, 6) is -2.37. The predicted octanol–water partition coefficient (Wildman–Crippen LogP) is 0.920. The van der Waals surface area contributed by atoms with Crippen molar-refractivity contribution in [2.45, 2.75) is 49.3 Å². The normalized spacial score (nSPS) is 28.6. The number of hydrogen-bond acceptors (Lipinski definition) is 9. The molecule has 1 saturated heterocycles. The summed E-state index contributed by atoms with van der Waals surface area (Å²) in [6, 6.07) is 0. The first-order valence-electron chi connectivity index (χ1n) is 7.18. The van der Waals surface area contributed by atoms with E-state index in [0.717, 1.165) is 0 Å². The number of alkyl halides is 2. The molecule has 0 amide bonds. The van der Waals surface area contributed by atoms with Crippen molar-refractivity contribution < 1.29 is 42.9 Å². The standard InChI is InChI=1S/C14H18I2O9/c1-6(17)21-5-9-11(22-7(2)18)12(23-8(3)19)13(14(16)24-9)25-10(20)4-15/h9,11-14H,4-5H2,1-3H3/t9-,11-,12+,13+,14+/m1/s1. The van der Waals surface area contributed by atoms with Gasteiger partial charge in [0.05, 0.1) is 4.43 Å². The summed E-state index contributed by atoms with van der Waals surface area (Å²) in [6.45, 7) is 3.37. The number of carbonyl (C=O) groups is 4. The minimum atomic E-state index is -1.10. The number of carbonyl (C=O) groups excluding carboxylic acids is 4. The Hall–Kier alpha value is -0.700. The molecule has 0 aromatic heterocycles. The molecule has 0 radical (unpaired) electrons. The molecule has 11 heteroatoms. The molecule has 0 aliphatic carbocycles. The van der Waals surface area contributed by atoms with Crippen LogP contribution in [0, 0.1) is 0 Å². The molecular weight excluding hydrogens is 566 g/mol. The summed E-state index contributed by atoms with van der Waals surface area (Å²) in [7, 11) is 0. The fourth-order valence-corrected chi connectivity index (χ4v) is 3.28. The van der Waals surface area contributed by atoms with Crippen LogP contribution in [0.15, 0.2) is 0 Å². The fourth-order valence-electron chi connectivity index (χ4n) is 2.17. The Morgan fingerprint density at radius 1 is 0.880 bits per heavy atom. The molecule has 1 heterocycles. The van der Waals surface area contributed by atoms with Gasteiger partial charge in [-0.05, 0) is 22.6 Å². The molecule has 1 aliphatic heterocycles. The highest BCUT2D eigenvalue weighted by atomic mass is 127. The third kappa shape index (κ3) is 7.21. The van der Waals surface area contributed by atoms with E-state index in [4.69, 9.17) is 23.7 Å². The summed E-state index contributed by atoms with van der Waals surface area (Å²) in [4.78, 5) is 45.7. The van der Waals surface area contributed by atoms with Crippen LogP contribution >= 0.6 is 45.2 Å². The quantitative estimate of drug-likeness (QED) is 0.195. The van der Waals surface area contributed by atoms with Gasteiger partial charge in [-0.25, -0.2) is 0 Å². The first-order chi connectivity index (χ1) is 11.6. The number of esters is 4. The summed E-state index contributed by atoms with van der Waals surface area (Å²) in [5, 5.41) is 0. The number of rotatable bonds is 6. The molecule has 25 heavy (non-hydrogen) atoms. The SMILES string of the molecule is CC(=O)OC[C@H]1O[C@H](I)[C@@H](OC(=O)CI)[C@@H](OC(C)=O)[C@@H]1OC(C)=O. The van der Waals surface area contributed by atoms with Crippen LogP contribution in [0.5, 0.6) is 0 Å². The van der Waals surface area contributed by atoms with Crippen LogP contribution in [0.1, 0.15) is 20.8 Å². The lowest BCUT2D eigenvalue weighted by molar-refractivity contribution is -0.234. The van der Waals surface area contributed by atoms with Crippen molar-refractivity contribution in [3.05, 3.63) is 0 Å². The van der Waals surface area contributed by atoms with Gasteiger partial charge in [0.15, 0.2) is 18.3 Å². The summed E-state index contributed by atoms with van der Waals surface area (Å²) in [6.07, 6.45) is -4.05. The molecule has 1 rings (SSSR count). The smallest absolute Gasteiger partial charge is 0.316 e. The van der Waals surface area contributed by atoms with Crippen molar-refractivity contribution in [2.24, 2.45) is 0 Å². The highest BCUT2D eigenvalue weighted by Crippen LogP contribution is 2.32. The van der Waals surface area contributed by atoms with Crippen LogP contribution in [0.3, 0.4) is 0 Å². The van der Waals surface area contributed by atoms with Crippen LogP contribution in [0.4, 0.5) is 0 Å². The summed E-state index contributed by atoms with van der Waals surface area (Å²) < 4.78 is 25.7. The lowest BCUT2D eigenvalue weighted by atomic mass is 9.99.